The second kappa shape index (κ2) is 55.9. The monoisotopic (exact) mass is 1930 g/mol. The predicted octanol–water partition coefficient (Wildman–Crippen LogP) is 44.1. The summed E-state index contributed by atoms with van der Waals surface area (Å²) in [4.78, 5) is 0. The number of aryl methyl sites for hydroxylation is 8. The summed E-state index contributed by atoms with van der Waals surface area (Å²) in [5.74, 6) is 2.98. The molecule has 19 aromatic rings. The molecule has 7 aliphatic carbocycles. The third-order valence-electron chi connectivity index (χ3n) is 27.0. The van der Waals surface area contributed by atoms with Crippen molar-refractivity contribution in [1.82, 2.24) is 0 Å². The molecule has 1 saturated carbocycles. The van der Waals surface area contributed by atoms with Crippen molar-refractivity contribution in [2.45, 2.75) is 217 Å². The van der Waals surface area contributed by atoms with E-state index in [1.165, 1.54) is 265 Å². The minimum Gasteiger partial charge on any atom is -0.0683 e. The van der Waals surface area contributed by atoms with Crippen LogP contribution in [0.5, 0.6) is 0 Å². The maximum absolute atomic E-state index is 2.36. The van der Waals surface area contributed by atoms with Gasteiger partial charge >= 0.3 is 0 Å². The maximum atomic E-state index is 2.36. The molecule has 0 radical (unpaired) electrons. The summed E-state index contributed by atoms with van der Waals surface area (Å²) in [6.45, 7) is 49.6. The zero-order valence-electron chi connectivity index (χ0n) is 92.7. The molecule has 0 heteroatoms. The van der Waals surface area contributed by atoms with Crippen LogP contribution in [0.25, 0.3) is 130 Å². The second-order valence-electron chi connectivity index (χ2n) is 42.3. The average Bonchev–Trinajstić information content (AvgIpc) is 1.53. The minimum atomic E-state index is 0.500. The lowest BCUT2D eigenvalue weighted by Crippen LogP contribution is -2.28. The first-order valence-corrected chi connectivity index (χ1v) is 54.4. The lowest BCUT2D eigenvalue weighted by atomic mass is 9.64. The van der Waals surface area contributed by atoms with Gasteiger partial charge in [-0.25, -0.2) is 0 Å². The van der Waals surface area contributed by atoms with Crippen LogP contribution < -0.4 is 0 Å². The van der Waals surface area contributed by atoms with Crippen molar-refractivity contribution in [2.24, 2.45) is 29.1 Å². The van der Waals surface area contributed by atoms with Crippen molar-refractivity contribution in [3.63, 3.8) is 0 Å². The Kier molecular flexibility index (Phi) is 42.4. The first kappa shape index (κ1) is 111. The maximum Gasteiger partial charge on any atom is 0.0201 e. The molecule has 0 aliphatic heterocycles. The number of allylic oxidation sites excluding steroid dienone is 14. The van der Waals surface area contributed by atoms with Gasteiger partial charge in [0.15, 0.2) is 0 Å². The average molecular weight is 1930 g/mol. The smallest absolute Gasteiger partial charge is 0.0201 e. The fraction of sp³-hybridized carbons (Fsp3) is 0.252. The molecular weight excluding hydrogens is 1770 g/mol. The molecule has 0 saturated heterocycles. The van der Waals surface area contributed by atoms with Crippen LogP contribution in [0.4, 0.5) is 0 Å². The molecule has 26 rings (SSSR count). The van der Waals surface area contributed by atoms with Crippen molar-refractivity contribution in [1.29, 1.82) is 0 Å². The lowest BCUT2D eigenvalue weighted by Gasteiger charge is -2.40. The summed E-state index contributed by atoms with van der Waals surface area (Å²) in [5.41, 5.74) is 29.8. The van der Waals surface area contributed by atoms with Crippen molar-refractivity contribution >= 4 is 97.0 Å². The number of hydrogen-bond donors (Lipinski definition) is 0. The summed E-state index contributed by atoms with van der Waals surface area (Å²) in [6, 6.07) is 134. The van der Waals surface area contributed by atoms with E-state index in [2.05, 4.69) is 558 Å². The zero-order chi connectivity index (χ0) is 105. The zero-order valence-corrected chi connectivity index (χ0v) is 92.7. The van der Waals surface area contributed by atoms with Gasteiger partial charge in [-0.15, -0.1) is 0 Å². The standard InChI is InChI=1S/C17H12.C17H14.3C15H12.C14H12.2C11H10.C7H14.C7H8.C5H12.2C4H10.C3H8.C2H6/c1-11-9-10-16-14-6-3-2-5-13(14)15-8-4-7-12(11)17(15)16;1-11-5-6-14-8-7-12-3-2-4-13-9-10-15(11)17(14)16(12)13;1-11-10-12-6-2-3-8-14(12)15-9-5-4-7-13(11)15;1-11-6-9-15-13(10-11)8-7-12-4-2-3-5-14(12)15;1-11-6-7-13-9-8-12-4-2-3-5-14(12)15(13)10-11;1-10-6-7-14-12(8-10)9-11-4-2-3-5-13(11)14;1-9-5-4-7-10-6-2-3-8-11(9)10;1-9-6-7-10-4-2-3-5-11(10)8-9;2*1-7-5-3-2-4-6-7;1-5(2,3)4;1-4(2)3;1-3-4-2;1-3-2;1-2/h2-10H,1H3;2-10,16-17H,1H3;3*2-10H,1H3;2-8H,9H2,1H3;2*2-8H,1H3;7H,2-6H2,1H3;2-6H,1H3;1-4H3;4H,1-3H3;3-4H2,1-2H3;3H2,1-2H3;1-2H3. The molecule has 0 heterocycles. The Morgan fingerprint density at radius 3 is 1.23 bits per heavy atom. The van der Waals surface area contributed by atoms with Gasteiger partial charge in [-0.2, -0.15) is 0 Å². The number of rotatable bonds is 1. The molecule has 0 spiro atoms. The van der Waals surface area contributed by atoms with Crippen molar-refractivity contribution < 1.29 is 0 Å². The van der Waals surface area contributed by atoms with Gasteiger partial charge in [0.05, 0.1) is 0 Å². The molecule has 0 nitrogen and oxygen atoms in total. The van der Waals surface area contributed by atoms with E-state index in [9.17, 15) is 0 Å². The van der Waals surface area contributed by atoms with E-state index in [0.717, 1.165) is 18.3 Å². The molecule has 750 valence electrons. The highest BCUT2D eigenvalue weighted by Gasteiger charge is 2.37. The second-order valence-corrected chi connectivity index (χ2v) is 42.3. The number of fused-ring (bicyclic) bond motifs is 17. The van der Waals surface area contributed by atoms with Crippen LogP contribution in [0.2, 0.25) is 0 Å². The molecule has 2 atom stereocenters. The Bertz CT molecular complexity index is 7710. The van der Waals surface area contributed by atoms with Crippen LogP contribution in [-0.2, 0) is 6.42 Å². The van der Waals surface area contributed by atoms with Crippen LogP contribution in [-0.4, -0.2) is 0 Å². The molecular formula is C147H162. The molecule has 7 aliphatic rings. The summed E-state index contributed by atoms with van der Waals surface area (Å²) in [5, 5.41) is 24.2. The highest BCUT2D eigenvalue weighted by molar-refractivity contribution is 6.16. The lowest BCUT2D eigenvalue weighted by molar-refractivity contribution is 0.385. The van der Waals surface area contributed by atoms with Gasteiger partial charge < -0.3 is 0 Å². The largest absolute Gasteiger partial charge is 0.0683 e. The van der Waals surface area contributed by atoms with Gasteiger partial charge in [-0.3, -0.25) is 0 Å². The molecule has 2 unspecified atom stereocenters. The molecule has 0 amide bonds. The highest BCUT2D eigenvalue weighted by Crippen LogP contribution is 2.51. The van der Waals surface area contributed by atoms with Gasteiger partial charge in [-0.1, -0.05) is 607 Å². The van der Waals surface area contributed by atoms with Crippen LogP contribution in [0.15, 0.2) is 459 Å². The van der Waals surface area contributed by atoms with Gasteiger partial charge in [0.2, 0.25) is 0 Å². The predicted molar refractivity (Wildman–Crippen MR) is 657 cm³/mol. The van der Waals surface area contributed by atoms with E-state index >= 15 is 0 Å². The Labute approximate surface area is 884 Å². The third kappa shape index (κ3) is 31.1. The van der Waals surface area contributed by atoms with Crippen molar-refractivity contribution in [2.75, 3.05) is 0 Å². The van der Waals surface area contributed by atoms with Crippen molar-refractivity contribution in [3.8, 4) is 33.4 Å². The minimum absolute atomic E-state index is 0.500. The van der Waals surface area contributed by atoms with Gasteiger partial charge in [0.25, 0.3) is 0 Å². The van der Waals surface area contributed by atoms with E-state index in [-0.39, 0.29) is 0 Å². The first-order valence-electron chi connectivity index (χ1n) is 54.4. The van der Waals surface area contributed by atoms with Gasteiger partial charge in [0, 0.05) is 11.8 Å². The topological polar surface area (TPSA) is 0 Å². The first-order chi connectivity index (χ1) is 71.2. The highest BCUT2D eigenvalue weighted by atomic mass is 14.4. The van der Waals surface area contributed by atoms with Crippen LogP contribution in [0, 0.1) is 84.5 Å². The van der Waals surface area contributed by atoms with E-state index in [0.29, 0.717) is 17.3 Å². The molecule has 147 heavy (non-hydrogen) atoms. The van der Waals surface area contributed by atoms with Gasteiger partial charge in [0.1, 0.15) is 0 Å². The van der Waals surface area contributed by atoms with E-state index in [1.54, 1.807) is 0 Å². The molecule has 1 fully saturated rings. The Hall–Kier alpha value is -14.3. The number of benzene rings is 19. The van der Waals surface area contributed by atoms with Crippen LogP contribution in [0.3, 0.4) is 0 Å². The summed E-state index contributed by atoms with van der Waals surface area (Å²) >= 11 is 0. The van der Waals surface area contributed by atoms with E-state index in [1.807, 2.05) is 32.0 Å². The Balaban J connectivity index is 0.000000144. The third-order valence-corrected chi connectivity index (χ3v) is 27.0. The number of unbranched alkanes of at least 4 members (excludes halogenated alkanes) is 1. The summed E-state index contributed by atoms with van der Waals surface area (Å²) in [7, 11) is 0. The fourth-order valence-electron chi connectivity index (χ4n) is 19.6. The number of hydrogen-bond acceptors (Lipinski definition) is 0. The molecule has 19 aromatic carbocycles. The normalized spacial score (nSPS) is 13.8. The SMILES string of the molecule is CC.CC(C)(C)C.CC(C)C.CC1=C2C=CC3=CC=CC4=CC=C(C=C1)C2C34.CC1CCCCC1.CCC.CCCC.Cc1cc2ccccc2c2ccccc12.Cc1ccc2c(c1)Cc1ccccc1-2.Cc1ccc2c(ccc3ccccc32)c1.Cc1ccc2c3c(cccc13)-c1ccccc1-2.Cc1ccc2ccc3ccccc3c2c1.Cc1ccc2ccccc2c1.Cc1cccc2ccccc12.Cc1ccccc1. The van der Waals surface area contributed by atoms with Crippen LogP contribution >= 0.6 is 0 Å². The molecule has 0 N–H and O–H groups in total. The van der Waals surface area contributed by atoms with E-state index in [4.69, 9.17) is 0 Å². The summed E-state index contributed by atoms with van der Waals surface area (Å²) in [6.07, 6.45) is 32.8. The van der Waals surface area contributed by atoms with Crippen LogP contribution in [0.1, 0.15) is 211 Å². The van der Waals surface area contributed by atoms with Crippen molar-refractivity contribution in [3.05, 3.63) is 514 Å². The Morgan fingerprint density at radius 1 is 0.265 bits per heavy atom. The summed E-state index contributed by atoms with van der Waals surface area (Å²) < 4.78 is 0. The quantitative estimate of drug-likeness (QED) is 0.144. The fourth-order valence-corrected chi connectivity index (χ4v) is 19.6. The molecule has 0 bridgehead atoms. The molecule has 0 aromatic heterocycles. The van der Waals surface area contributed by atoms with Gasteiger partial charge in [-0.05, 0) is 272 Å². The van der Waals surface area contributed by atoms with E-state index < -0.39 is 0 Å². The Morgan fingerprint density at radius 2 is 0.646 bits per heavy atom.